The summed E-state index contributed by atoms with van der Waals surface area (Å²) >= 11 is 1.75. The van der Waals surface area contributed by atoms with Crippen LogP contribution in [0.15, 0.2) is 17.4 Å². The molecule has 8 heteroatoms. The van der Waals surface area contributed by atoms with Gasteiger partial charge in [0, 0.05) is 37.8 Å². The van der Waals surface area contributed by atoms with Gasteiger partial charge in [-0.05, 0) is 45.1 Å². The Morgan fingerprint density at radius 1 is 1.42 bits per heavy atom. The molecule has 0 bridgehead atoms. The van der Waals surface area contributed by atoms with E-state index >= 15 is 0 Å². The number of aryl methyl sites for hydroxylation is 3. The van der Waals surface area contributed by atoms with Crippen molar-refractivity contribution in [1.29, 1.82) is 0 Å². The third-order valence-corrected chi connectivity index (χ3v) is 5.70. The third kappa shape index (κ3) is 5.42. The van der Waals surface area contributed by atoms with Crippen LogP contribution in [0.4, 0.5) is 0 Å². The number of thiazole rings is 1. The first kappa shape index (κ1) is 21.1. The fourth-order valence-electron chi connectivity index (χ4n) is 3.28. The summed E-state index contributed by atoms with van der Waals surface area (Å²) in [5.74, 6) is 1.68. The summed E-state index contributed by atoms with van der Waals surface area (Å²) in [4.78, 5) is 13.1. The van der Waals surface area contributed by atoms with Crippen molar-refractivity contribution in [3.05, 3.63) is 33.5 Å². The molecular formula is C18H29IN6S. The lowest BCUT2D eigenvalue weighted by molar-refractivity contribution is 0.460. The van der Waals surface area contributed by atoms with Crippen LogP contribution in [0.1, 0.15) is 34.5 Å². The summed E-state index contributed by atoms with van der Waals surface area (Å²) in [6.45, 7) is 9.96. The van der Waals surface area contributed by atoms with Crippen molar-refractivity contribution < 1.29 is 0 Å². The van der Waals surface area contributed by atoms with E-state index in [-0.39, 0.29) is 24.0 Å². The first-order chi connectivity index (χ1) is 12.0. The minimum atomic E-state index is 0. The van der Waals surface area contributed by atoms with Crippen LogP contribution in [0.25, 0.3) is 0 Å². The van der Waals surface area contributed by atoms with E-state index in [1.54, 1.807) is 11.3 Å². The molecule has 3 heterocycles. The van der Waals surface area contributed by atoms with Crippen molar-refractivity contribution in [2.24, 2.45) is 18.0 Å². The number of nitrogens with one attached hydrogen (secondary N) is 1. The fraction of sp³-hybridized carbons (Fsp3) is 0.611. The zero-order chi connectivity index (χ0) is 17.8. The van der Waals surface area contributed by atoms with Crippen molar-refractivity contribution in [3.63, 3.8) is 0 Å². The summed E-state index contributed by atoms with van der Waals surface area (Å²) in [6.07, 6.45) is 6.40. The van der Waals surface area contributed by atoms with Crippen LogP contribution in [-0.2, 0) is 20.0 Å². The van der Waals surface area contributed by atoms with Gasteiger partial charge in [0.15, 0.2) is 5.96 Å². The molecule has 3 rings (SSSR count). The van der Waals surface area contributed by atoms with Crippen molar-refractivity contribution in [1.82, 2.24) is 25.0 Å². The molecule has 1 aliphatic rings. The van der Waals surface area contributed by atoms with E-state index in [0.29, 0.717) is 12.5 Å². The molecule has 0 saturated carbocycles. The Morgan fingerprint density at radius 2 is 2.23 bits per heavy atom. The predicted molar refractivity (Wildman–Crippen MR) is 118 cm³/mol. The summed E-state index contributed by atoms with van der Waals surface area (Å²) in [6, 6.07) is 0. The summed E-state index contributed by atoms with van der Waals surface area (Å²) in [7, 11) is 1.97. The number of likely N-dealkylation sites (tertiary alicyclic amines) is 1. The summed E-state index contributed by atoms with van der Waals surface area (Å²) < 4.78 is 1.88. The minimum absolute atomic E-state index is 0. The van der Waals surface area contributed by atoms with Gasteiger partial charge in [-0.3, -0.25) is 4.68 Å². The van der Waals surface area contributed by atoms with E-state index in [1.807, 2.05) is 17.9 Å². The van der Waals surface area contributed by atoms with Gasteiger partial charge in [-0.2, -0.15) is 5.10 Å². The van der Waals surface area contributed by atoms with Crippen LogP contribution in [0.5, 0.6) is 0 Å². The molecule has 6 nitrogen and oxygen atoms in total. The Morgan fingerprint density at radius 3 is 2.85 bits per heavy atom. The second-order valence-electron chi connectivity index (χ2n) is 6.75. The van der Waals surface area contributed by atoms with E-state index in [1.165, 1.54) is 16.9 Å². The number of nitrogens with zero attached hydrogens (tertiary/aromatic N) is 5. The third-order valence-electron chi connectivity index (χ3n) is 4.64. The lowest BCUT2D eigenvalue weighted by atomic mass is 10.0. The van der Waals surface area contributed by atoms with Crippen molar-refractivity contribution in [2.75, 3.05) is 19.6 Å². The first-order valence-electron chi connectivity index (χ1n) is 8.98. The van der Waals surface area contributed by atoms with E-state index in [9.17, 15) is 0 Å². The molecule has 1 unspecified atom stereocenters. The molecule has 1 atom stereocenters. The van der Waals surface area contributed by atoms with Crippen molar-refractivity contribution >= 4 is 41.3 Å². The number of halogens is 1. The number of hydrogen-bond acceptors (Lipinski definition) is 4. The average molecular weight is 488 g/mol. The smallest absolute Gasteiger partial charge is 0.194 e. The topological polar surface area (TPSA) is 58.3 Å². The van der Waals surface area contributed by atoms with Crippen LogP contribution in [0.3, 0.4) is 0 Å². The van der Waals surface area contributed by atoms with Gasteiger partial charge in [-0.25, -0.2) is 9.98 Å². The summed E-state index contributed by atoms with van der Waals surface area (Å²) in [5, 5.41) is 8.81. The monoisotopic (exact) mass is 488 g/mol. The molecule has 0 amide bonds. The molecule has 1 aliphatic heterocycles. The molecular weight excluding hydrogens is 459 g/mol. The number of hydrogen-bond donors (Lipinski definition) is 1. The lowest BCUT2D eigenvalue weighted by Crippen LogP contribution is -2.40. The normalized spacial score (nSPS) is 17.5. The molecule has 0 aromatic carbocycles. The largest absolute Gasteiger partial charge is 0.357 e. The Balaban J connectivity index is 0.00000243. The van der Waals surface area contributed by atoms with Gasteiger partial charge in [0.05, 0.1) is 18.4 Å². The Kier molecular flexibility index (Phi) is 7.87. The van der Waals surface area contributed by atoms with Gasteiger partial charge in [0.2, 0.25) is 0 Å². The second-order valence-corrected chi connectivity index (χ2v) is 8.03. The number of rotatable bonds is 5. The fourth-order valence-corrected chi connectivity index (χ4v) is 4.14. The van der Waals surface area contributed by atoms with Gasteiger partial charge in [-0.15, -0.1) is 35.3 Å². The molecule has 2 aromatic heterocycles. The molecule has 144 valence electrons. The van der Waals surface area contributed by atoms with Crippen molar-refractivity contribution in [3.8, 4) is 0 Å². The lowest BCUT2D eigenvalue weighted by Gasteiger charge is -2.21. The molecule has 26 heavy (non-hydrogen) atoms. The quantitative estimate of drug-likeness (QED) is 0.399. The molecule has 0 spiro atoms. The van der Waals surface area contributed by atoms with Gasteiger partial charge in [0.1, 0.15) is 5.01 Å². The van der Waals surface area contributed by atoms with Crippen molar-refractivity contribution in [2.45, 2.75) is 40.2 Å². The van der Waals surface area contributed by atoms with Crippen LogP contribution in [-0.4, -0.2) is 45.3 Å². The van der Waals surface area contributed by atoms with E-state index in [4.69, 9.17) is 4.99 Å². The molecule has 0 radical (unpaired) electrons. The Hall–Kier alpha value is -1.16. The number of aliphatic imine (C=N–C) groups is 1. The van der Waals surface area contributed by atoms with Crippen LogP contribution < -0.4 is 5.32 Å². The first-order valence-corrected chi connectivity index (χ1v) is 9.80. The van der Waals surface area contributed by atoms with Crippen LogP contribution >= 0.6 is 35.3 Å². The van der Waals surface area contributed by atoms with E-state index < -0.39 is 0 Å². The zero-order valence-electron chi connectivity index (χ0n) is 16.0. The highest BCUT2D eigenvalue weighted by molar-refractivity contribution is 14.0. The van der Waals surface area contributed by atoms with Gasteiger partial charge < -0.3 is 10.2 Å². The van der Waals surface area contributed by atoms with Crippen LogP contribution in [0, 0.1) is 19.8 Å². The zero-order valence-corrected chi connectivity index (χ0v) is 19.2. The van der Waals surface area contributed by atoms with Gasteiger partial charge in [0.25, 0.3) is 0 Å². The second kappa shape index (κ2) is 9.68. The highest BCUT2D eigenvalue weighted by Crippen LogP contribution is 2.21. The number of guanidine groups is 1. The molecule has 0 aliphatic carbocycles. The summed E-state index contributed by atoms with van der Waals surface area (Å²) in [5.41, 5.74) is 2.45. The van der Waals surface area contributed by atoms with E-state index in [0.717, 1.165) is 42.7 Å². The van der Waals surface area contributed by atoms with Crippen LogP contribution in [0.2, 0.25) is 0 Å². The SMILES string of the molecule is CCNC(=NCc1nc(C)c(C)s1)N1CCC(Cc2cnn(C)c2)C1.I. The highest BCUT2D eigenvalue weighted by Gasteiger charge is 2.25. The minimum Gasteiger partial charge on any atom is -0.357 e. The highest BCUT2D eigenvalue weighted by atomic mass is 127. The van der Waals surface area contributed by atoms with E-state index in [2.05, 4.69) is 47.3 Å². The molecule has 1 N–H and O–H groups in total. The Bertz CT molecular complexity index is 718. The van der Waals surface area contributed by atoms with Gasteiger partial charge >= 0.3 is 0 Å². The maximum absolute atomic E-state index is 4.83. The molecule has 1 fully saturated rings. The maximum atomic E-state index is 4.83. The Labute approximate surface area is 177 Å². The molecule has 2 aromatic rings. The number of aromatic nitrogens is 3. The molecule has 1 saturated heterocycles. The maximum Gasteiger partial charge on any atom is 0.194 e. The van der Waals surface area contributed by atoms with Gasteiger partial charge in [-0.1, -0.05) is 0 Å². The predicted octanol–water partition coefficient (Wildman–Crippen LogP) is 3.14. The average Bonchev–Trinajstić information content (AvgIpc) is 3.27. The standard InChI is InChI=1S/C18H28N6S.HI/c1-5-19-18(20-10-17-22-13(2)14(3)25-17)24-7-6-15(12-24)8-16-9-21-23(4)11-16;/h9,11,15H,5-8,10,12H2,1-4H3,(H,19,20);1H.